The van der Waals surface area contributed by atoms with Crippen molar-refractivity contribution in [1.29, 1.82) is 0 Å². The van der Waals surface area contributed by atoms with Crippen molar-refractivity contribution in [3.63, 3.8) is 0 Å². The van der Waals surface area contributed by atoms with Crippen LogP contribution in [0.1, 0.15) is 19.5 Å². The second-order valence-electron chi connectivity index (χ2n) is 5.91. The molecule has 0 radical (unpaired) electrons. The first-order chi connectivity index (χ1) is 11.5. The normalized spacial score (nSPS) is 11.0. The number of aryl methyl sites for hydroxylation is 1. The van der Waals surface area contributed by atoms with Crippen molar-refractivity contribution in [1.82, 2.24) is 15.2 Å². The van der Waals surface area contributed by atoms with E-state index in [1.54, 1.807) is 6.20 Å². The van der Waals surface area contributed by atoms with Gasteiger partial charge in [-0.3, -0.25) is 5.32 Å². The van der Waals surface area contributed by atoms with Gasteiger partial charge in [0.05, 0.1) is 22.7 Å². The average Bonchev–Trinajstić information content (AvgIpc) is 3.00. The van der Waals surface area contributed by atoms with Gasteiger partial charge in [-0.2, -0.15) is 10.2 Å². The maximum Gasteiger partial charge on any atom is 0.413 e. The molecule has 2 heterocycles. The van der Waals surface area contributed by atoms with E-state index in [1.807, 2.05) is 45.0 Å². The predicted octanol–water partition coefficient (Wildman–Crippen LogP) is 4.27. The zero-order valence-corrected chi connectivity index (χ0v) is 14.6. The van der Waals surface area contributed by atoms with Crippen LogP contribution >= 0.6 is 11.3 Å². The third-order valence-electron chi connectivity index (χ3n) is 3.25. The standard InChI is InChI=1S/C17H18N4O2S/c1-10(2)9-23-17(22)19-16-18-8-15(24-16)12-4-5-14-13(7-12)6-11(3)20-21-14/h4-8,10H,9H2,1-3H3,(H,18,19,22). The number of aromatic nitrogens is 3. The van der Waals surface area contributed by atoms with Gasteiger partial charge in [-0.05, 0) is 36.6 Å². The second-order valence-corrected chi connectivity index (χ2v) is 6.94. The molecular weight excluding hydrogens is 324 g/mol. The summed E-state index contributed by atoms with van der Waals surface area (Å²) in [5, 5.41) is 12.4. The Balaban J connectivity index is 1.76. The smallest absolute Gasteiger partial charge is 0.413 e. The largest absolute Gasteiger partial charge is 0.449 e. The van der Waals surface area contributed by atoms with Gasteiger partial charge in [0.15, 0.2) is 5.13 Å². The van der Waals surface area contributed by atoms with Crippen molar-refractivity contribution in [3.8, 4) is 10.4 Å². The van der Waals surface area contributed by atoms with Gasteiger partial charge in [0.25, 0.3) is 0 Å². The average molecular weight is 342 g/mol. The third-order valence-corrected chi connectivity index (χ3v) is 4.22. The number of ether oxygens (including phenoxy) is 1. The lowest BCUT2D eigenvalue weighted by molar-refractivity contribution is 0.147. The van der Waals surface area contributed by atoms with Crippen LogP contribution in [0.15, 0.2) is 30.5 Å². The number of anilines is 1. The van der Waals surface area contributed by atoms with Gasteiger partial charge in [-0.25, -0.2) is 9.78 Å². The SMILES string of the molecule is Cc1cc2cc(-c3cnc(NC(=O)OCC(C)C)s3)ccc2nn1. The number of amides is 1. The molecule has 6 nitrogen and oxygen atoms in total. The molecule has 0 unspecified atom stereocenters. The summed E-state index contributed by atoms with van der Waals surface area (Å²) in [6.07, 6.45) is 1.26. The third kappa shape index (κ3) is 3.86. The predicted molar refractivity (Wildman–Crippen MR) is 95.2 cm³/mol. The molecule has 3 rings (SSSR count). The van der Waals surface area contributed by atoms with Gasteiger partial charge in [0.1, 0.15) is 0 Å². The van der Waals surface area contributed by atoms with Crippen LogP contribution < -0.4 is 5.32 Å². The number of rotatable bonds is 4. The highest BCUT2D eigenvalue weighted by molar-refractivity contribution is 7.19. The van der Waals surface area contributed by atoms with Crippen LogP contribution in [0.3, 0.4) is 0 Å². The summed E-state index contributed by atoms with van der Waals surface area (Å²) in [5.41, 5.74) is 2.75. The Morgan fingerprint density at radius 2 is 2.12 bits per heavy atom. The molecule has 0 bridgehead atoms. The van der Waals surface area contributed by atoms with E-state index in [1.165, 1.54) is 11.3 Å². The van der Waals surface area contributed by atoms with E-state index in [4.69, 9.17) is 4.74 Å². The highest BCUT2D eigenvalue weighted by atomic mass is 32.1. The highest BCUT2D eigenvalue weighted by Crippen LogP contribution is 2.30. The maximum absolute atomic E-state index is 11.7. The zero-order valence-electron chi connectivity index (χ0n) is 13.7. The molecule has 0 aliphatic carbocycles. The summed E-state index contributed by atoms with van der Waals surface area (Å²) < 4.78 is 5.09. The summed E-state index contributed by atoms with van der Waals surface area (Å²) in [6, 6.07) is 7.95. The summed E-state index contributed by atoms with van der Waals surface area (Å²) in [6.45, 7) is 6.27. The molecule has 7 heteroatoms. The van der Waals surface area contributed by atoms with E-state index in [-0.39, 0.29) is 0 Å². The molecule has 0 aliphatic rings. The number of carbonyl (C=O) groups excluding carboxylic acids is 1. The first-order valence-corrected chi connectivity index (χ1v) is 8.47. The Morgan fingerprint density at radius 1 is 1.29 bits per heavy atom. The number of nitrogens with zero attached hydrogens (tertiary/aromatic N) is 3. The van der Waals surface area contributed by atoms with Crippen molar-refractivity contribution < 1.29 is 9.53 Å². The molecule has 0 saturated heterocycles. The van der Waals surface area contributed by atoms with Gasteiger partial charge in [-0.1, -0.05) is 31.3 Å². The van der Waals surface area contributed by atoms with E-state index in [9.17, 15) is 4.79 Å². The van der Waals surface area contributed by atoms with Crippen LogP contribution in [0.5, 0.6) is 0 Å². The molecular formula is C17H18N4O2S. The van der Waals surface area contributed by atoms with E-state index in [2.05, 4.69) is 20.5 Å². The van der Waals surface area contributed by atoms with Crippen molar-refractivity contribution in [2.24, 2.45) is 5.92 Å². The number of nitrogens with one attached hydrogen (secondary N) is 1. The van der Waals surface area contributed by atoms with Gasteiger partial charge in [-0.15, -0.1) is 0 Å². The summed E-state index contributed by atoms with van der Waals surface area (Å²) in [4.78, 5) is 16.9. The molecule has 1 N–H and O–H groups in total. The molecule has 2 aromatic heterocycles. The molecule has 1 amide bonds. The van der Waals surface area contributed by atoms with Crippen molar-refractivity contribution in [2.75, 3.05) is 11.9 Å². The number of fused-ring (bicyclic) bond motifs is 1. The number of carbonyl (C=O) groups is 1. The van der Waals surface area contributed by atoms with Crippen molar-refractivity contribution >= 4 is 33.5 Å². The second kappa shape index (κ2) is 6.92. The van der Waals surface area contributed by atoms with Gasteiger partial charge in [0, 0.05) is 11.6 Å². The molecule has 1 aromatic carbocycles. The molecule has 0 aliphatic heterocycles. The van der Waals surface area contributed by atoms with Crippen LogP contribution in [-0.4, -0.2) is 27.9 Å². The minimum atomic E-state index is -0.478. The topological polar surface area (TPSA) is 77.0 Å². The first kappa shape index (κ1) is 16.3. The van der Waals surface area contributed by atoms with Crippen LogP contribution in [0.2, 0.25) is 0 Å². The molecule has 124 valence electrons. The van der Waals surface area contributed by atoms with Gasteiger partial charge < -0.3 is 4.74 Å². The summed E-state index contributed by atoms with van der Waals surface area (Å²) in [5.74, 6) is 0.298. The lowest BCUT2D eigenvalue weighted by atomic mass is 10.1. The molecule has 0 atom stereocenters. The van der Waals surface area contributed by atoms with Gasteiger partial charge in [0.2, 0.25) is 0 Å². The van der Waals surface area contributed by atoms with Crippen LogP contribution in [0.4, 0.5) is 9.93 Å². The Labute approximate surface area is 143 Å². The number of hydrogen-bond acceptors (Lipinski definition) is 6. The van der Waals surface area contributed by atoms with E-state index < -0.39 is 6.09 Å². The minimum absolute atomic E-state index is 0.298. The lowest BCUT2D eigenvalue weighted by Gasteiger charge is -2.06. The Kier molecular flexibility index (Phi) is 4.71. The molecule has 0 saturated carbocycles. The van der Waals surface area contributed by atoms with Crippen LogP contribution in [-0.2, 0) is 4.74 Å². The van der Waals surface area contributed by atoms with Crippen LogP contribution in [0.25, 0.3) is 21.3 Å². The van der Waals surface area contributed by atoms with Crippen molar-refractivity contribution in [3.05, 3.63) is 36.2 Å². The quantitative estimate of drug-likeness (QED) is 0.766. The fourth-order valence-corrected chi connectivity index (χ4v) is 2.93. The van der Waals surface area contributed by atoms with E-state index in [0.29, 0.717) is 17.7 Å². The summed E-state index contributed by atoms with van der Waals surface area (Å²) in [7, 11) is 0. The monoisotopic (exact) mass is 342 g/mol. The number of hydrogen-bond donors (Lipinski definition) is 1. The Morgan fingerprint density at radius 3 is 2.92 bits per heavy atom. The first-order valence-electron chi connectivity index (χ1n) is 7.65. The molecule has 3 aromatic rings. The number of benzene rings is 1. The lowest BCUT2D eigenvalue weighted by Crippen LogP contribution is -2.16. The zero-order chi connectivity index (χ0) is 17.1. The molecule has 0 spiro atoms. The fourth-order valence-electron chi connectivity index (χ4n) is 2.13. The van der Waals surface area contributed by atoms with E-state index in [0.717, 1.165) is 27.0 Å². The van der Waals surface area contributed by atoms with Crippen LogP contribution in [0, 0.1) is 12.8 Å². The number of thiazole rings is 1. The maximum atomic E-state index is 11.7. The summed E-state index contributed by atoms with van der Waals surface area (Å²) >= 11 is 1.40. The molecule has 24 heavy (non-hydrogen) atoms. The minimum Gasteiger partial charge on any atom is -0.449 e. The molecule has 0 fully saturated rings. The van der Waals surface area contributed by atoms with Crippen molar-refractivity contribution in [2.45, 2.75) is 20.8 Å². The Hall–Kier alpha value is -2.54. The highest BCUT2D eigenvalue weighted by Gasteiger charge is 2.10. The van der Waals surface area contributed by atoms with Gasteiger partial charge >= 0.3 is 6.09 Å². The fraction of sp³-hybridized carbons (Fsp3) is 0.294. The Bertz CT molecular complexity index is 876. The van der Waals surface area contributed by atoms with E-state index >= 15 is 0 Å².